The first-order chi connectivity index (χ1) is 3.41. The number of aliphatic hydroxyl groups excluding tert-OH is 1. The summed E-state index contributed by atoms with van der Waals surface area (Å²) in [6.07, 6.45) is 0. The van der Waals surface area contributed by atoms with Gasteiger partial charge in [0, 0.05) is 19.6 Å². The molecule has 0 aliphatic rings. The largest absolute Gasteiger partial charge is 2.00 e. The molecule has 0 aliphatic heterocycles. The van der Waals surface area contributed by atoms with E-state index in [2.05, 4.69) is 5.32 Å². The average molecular weight is 404 g/mol. The molecule has 6 N–H and O–H groups in total. The van der Waals surface area contributed by atoms with Gasteiger partial charge in [0.1, 0.15) is 0 Å². The first-order valence-corrected chi connectivity index (χ1v) is 2.43. The zero-order valence-corrected chi connectivity index (χ0v) is 10.1. The molecule has 0 rings (SSSR count). The third kappa shape index (κ3) is 43.7. The summed E-state index contributed by atoms with van der Waals surface area (Å²) in [5.41, 5.74) is 5.13. The maximum absolute atomic E-state index is 8.19. The van der Waals surface area contributed by atoms with Gasteiger partial charge in [-0.15, -0.1) is 0 Å². The van der Waals surface area contributed by atoms with E-state index in [0.717, 1.165) is 6.54 Å². The van der Waals surface area contributed by atoms with Crippen LogP contribution in [0.25, 0.3) is 0 Å². The Labute approximate surface area is 99.2 Å². The van der Waals surface area contributed by atoms with Gasteiger partial charge in [-0.3, -0.25) is 0 Å². The van der Waals surface area contributed by atoms with E-state index in [1.165, 1.54) is 0 Å². The molecule has 0 fully saturated rings. The van der Waals surface area contributed by atoms with Gasteiger partial charge in [0.15, 0.2) is 0 Å². The predicted molar refractivity (Wildman–Crippen MR) is 32.9 cm³/mol. The van der Waals surface area contributed by atoms with Crippen LogP contribution in [0, 0.1) is 0 Å². The molecule has 0 saturated carbocycles. The van der Waals surface area contributed by atoms with E-state index in [0.29, 0.717) is 13.1 Å². The van der Waals surface area contributed by atoms with Crippen molar-refractivity contribution < 1.29 is 61.9 Å². The standard InChI is InChI=1S/C4H12N2O.2ClH.2H2O.Pt/c5-1-2-6-3-4-7;;;;;/h6-7H,1-5H2;2*1H;2*1H2;/q;;;;;+2/p-4. The molecule has 12 heavy (non-hydrogen) atoms. The summed E-state index contributed by atoms with van der Waals surface area (Å²) in [5.74, 6) is 0. The van der Waals surface area contributed by atoms with E-state index in [1.54, 1.807) is 0 Å². The molecule has 0 heterocycles. The Morgan fingerprint density at radius 3 is 1.75 bits per heavy atom. The van der Waals surface area contributed by atoms with Gasteiger partial charge in [-0.2, -0.15) is 0 Å². The molecule has 8 heteroatoms. The number of nitrogens with one attached hydrogen (secondary N) is 1. The maximum atomic E-state index is 8.19. The summed E-state index contributed by atoms with van der Waals surface area (Å²) in [6.45, 7) is 2.28. The van der Waals surface area contributed by atoms with E-state index >= 15 is 0 Å². The minimum atomic E-state index is 0. The number of halogens is 2. The van der Waals surface area contributed by atoms with Crippen LogP contribution < -0.4 is 35.9 Å². The van der Waals surface area contributed by atoms with E-state index in [1.807, 2.05) is 0 Å². The van der Waals surface area contributed by atoms with E-state index in [9.17, 15) is 0 Å². The van der Waals surface area contributed by atoms with Crippen LogP contribution in [0.3, 0.4) is 0 Å². The van der Waals surface area contributed by atoms with Gasteiger partial charge in [0.25, 0.3) is 0 Å². The summed E-state index contributed by atoms with van der Waals surface area (Å²) in [4.78, 5) is 0. The number of hydrogen-bond donors (Lipinski definition) is 3. The SMILES string of the molecule is NCCNCCO.[Cl-].[Cl-].[OH-].[OH-].[Pt+2]. The molecule has 0 atom stereocenters. The number of rotatable bonds is 4. The molecule has 0 spiro atoms. The average Bonchev–Trinajstić information content (AvgIpc) is 1.69. The van der Waals surface area contributed by atoms with E-state index in [4.69, 9.17) is 10.8 Å². The molecule has 0 aromatic carbocycles. The van der Waals surface area contributed by atoms with Crippen LogP contribution in [0.5, 0.6) is 0 Å². The van der Waals surface area contributed by atoms with Crippen molar-refractivity contribution in [3.63, 3.8) is 0 Å². The van der Waals surface area contributed by atoms with Crippen LogP contribution in [0.1, 0.15) is 0 Å². The van der Waals surface area contributed by atoms with Crippen molar-refractivity contribution in [3.05, 3.63) is 0 Å². The quantitative estimate of drug-likeness (QED) is 0.403. The van der Waals surface area contributed by atoms with Crippen molar-refractivity contribution in [1.29, 1.82) is 0 Å². The minimum Gasteiger partial charge on any atom is -1.00 e. The smallest absolute Gasteiger partial charge is 1.00 e. The van der Waals surface area contributed by atoms with Gasteiger partial charge in [0.05, 0.1) is 6.61 Å². The molecule has 0 bridgehead atoms. The molecule has 0 aliphatic carbocycles. The van der Waals surface area contributed by atoms with Gasteiger partial charge >= 0.3 is 21.1 Å². The van der Waals surface area contributed by atoms with Crippen molar-refractivity contribution in [2.75, 3.05) is 26.2 Å². The van der Waals surface area contributed by atoms with Gasteiger partial charge in [-0.1, -0.05) is 0 Å². The van der Waals surface area contributed by atoms with Crippen LogP contribution >= 0.6 is 0 Å². The van der Waals surface area contributed by atoms with Gasteiger partial charge in [0.2, 0.25) is 0 Å². The van der Waals surface area contributed by atoms with E-state index < -0.39 is 0 Å². The number of nitrogens with two attached hydrogens (primary N) is 1. The summed E-state index contributed by atoms with van der Waals surface area (Å²) in [7, 11) is 0. The van der Waals surface area contributed by atoms with E-state index in [-0.39, 0.29) is 63.4 Å². The minimum absolute atomic E-state index is 0. The van der Waals surface area contributed by atoms with Crippen LogP contribution in [0.4, 0.5) is 0 Å². The van der Waals surface area contributed by atoms with Crippen molar-refractivity contribution in [2.45, 2.75) is 0 Å². The van der Waals surface area contributed by atoms with Gasteiger partial charge < -0.3 is 51.9 Å². The normalized spacial score (nSPS) is 5.50. The topological polar surface area (TPSA) is 118 Å². The monoisotopic (exact) mass is 403 g/mol. The summed E-state index contributed by atoms with van der Waals surface area (Å²) in [6, 6.07) is 0. The Kier molecular flexibility index (Phi) is 127. The van der Waals surface area contributed by atoms with Crippen molar-refractivity contribution in [3.8, 4) is 0 Å². The molecule has 0 saturated heterocycles. The predicted octanol–water partition coefficient (Wildman–Crippen LogP) is -7.82. The summed E-state index contributed by atoms with van der Waals surface area (Å²) < 4.78 is 0. The first kappa shape index (κ1) is 38.1. The van der Waals surface area contributed by atoms with Gasteiger partial charge in [-0.05, 0) is 0 Å². The van der Waals surface area contributed by atoms with Crippen LogP contribution in [0.2, 0.25) is 0 Å². The zero-order valence-electron chi connectivity index (χ0n) is 6.32. The second-order valence-corrected chi connectivity index (χ2v) is 1.26. The maximum Gasteiger partial charge on any atom is 2.00 e. The molecule has 5 nitrogen and oxygen atoms in total. The Hall–Kier alpha value is 1.07. The molecule has 0 unspecified atom stereocenters. The molecule has 0 aromatic heterocycles. The zero-order chi connectivity index (χ0) is 5.54. The first-order valence-electron chi connectivity index (χ1n) is 2.43. The van der Waals surface area contributed by atoms with Crippen molar-refractivity contribution in [2.24, 2.45) is 5.73 Å². The van der Waals surface area contributed by atoms with Crippen LogP contribution in [0.15, 0.2) is 0 Å². The fourth-order valence-electron chi connectivity index (χ4n) is 0.306. The Morgan fingerprint density at radius 2 is 1.50 bits per heavy atom. The Bertz CT molecular complexity index is 45.5. The molecular weight excluding hydrogens is 390 g/mol. The molecule has 84 valence electrons. The Morgan fingerprint density at radius 1 is 1.08 bits per heavy atom. The fourth-order valence-corrected chi connectivity index (χ4v) is 0.306. The third-order valence-corrected chi connectivity index (χ3v) is 0.610. The van der Waals surface area contributed by atoms with Crippen molar-refractivity contribution >= 4 is 0 Å². The van der Waals surface area contributed by atoms with Crippen molar-refractivity contribution in [1.82, 2.24) is 5.32 Å². The summed E-state index contributed by atoms with van der Waals surface area (Å²) in [5, 5.41) is 11.1. The van der Waals surface area contributed by atoms with Crippen LogP contribution in [-0.2, 0) is 21.1 Å². The second kappa shape index (κ2) is 40.1. The molecular formula is C4H14Cl2N2O3Pt-2. The number of hydrogen-bond acceptors (Lipinski definition) is 5. The molecule has 0 radical (unpaired) electrons. The van der Waals surface area contributed by atoms with Crippen LogP contribution in [-0.4, -0.2) is 42.3 Å². The second-order valence-electron chi connectivity index (χ2n) is 1.26. The summed E-state index contributed by atoms with van der Waals surface area (Å²) >= 11 is 0. The molecule has 0 amide bonds. The third-order valence-electron chi connectivity index (χ3n) is 0.610. The fraction of sp³-hybridized carbons (Fsp3) is 1.00. The van der Waals surface area contributed by atoms with Gasteiger partial charge in [-0.25, -0.2) is 0 Å². The number of aliphatic hydroxyl groups is 1. The Balaban J connectivity index is -0.0000000180. The molecule has 0 aromatic rings.